The van der Waals surface area contributed by atoms with Gasteiger partial charge in [0.25, 0.3) is 11.8 Å². The van der Waals surface area contributed by atoms with Gasteiger partial charge in [0.05, 0.1) is 12.6 Å². The van der Waals surface area contributed by atoms with Crippen LogP contribution in [0, 0.1) is 11.8 Å². The molecule has 236 valence electrons. The maximum absolute atomic E-state index is 13.6. The van der Waals surface area contributed by atoms with E-state index in [4.69, 9.17) is 4.42 Å². The zero-order valence-electron chi connectivity index (χ0n) is 26.0. The average Bonchev–Trinajstić information content (AvgIpc) is 3.66. The number of carbonyl (C=O) groups is 4. The Morgan fingerprint density at radius 3 is 2.43 bits per heavy atom. The molecule has 44 heavy (non-hydrogen) atoms. The van der Waals surface area contributed by atoms with Crippen molar-refractivity contribution in [3.63, 3.8) is 0 Å². The summed E-state index contributed by atoms with van der Waals surface area (Å²) in [6.45, 7) is 9.84. The summed E-state index contributed by atoms with van der Waals surface area (Å²) in [4.78, 5) is 63.8. The lowest BCUT2D eigenvalue weighted by molar-refractivity contribution is -0.136. The summed E-state index contributed by atoms with van der Waals surface area (Å²) in [6, 6.07) is 8.10. The van der Waals surface area contributed by atoms with Crippen molar-refractivity contribution in [2.75, 3.05) is 13.1 Å². The summed E-state index contributed by atoms with van der Waals surface area (Å²) in [5.74, 6) is -0.704. The highest BCUT2D eigenvalue weighted by Crippen LogP contribution is 2.24. The topological polar surface area (TPSA) is 147 Å². The van der Waals surface area contributed by atoms with Gasteiger partial charge < -0.3 is 25.3 Å². The lowest BCUT2D eigenvalue weighted by Gasteiger charge is -2.29. The molecule has 0 unspecified atom stereocenters. The van der Waals surface area contributed by atoms with Gasteiger partial charge in [0.1, 0.15) is 23.0 Å². The fourth-order valence-corrected chi connectivity index (χ4v) is 5.89. The molecule has 11 nitrogen and oxygen atoms in total. The van der Waals surface area contributed by atoms with Crippen LogP contribution in [0.5, 0.6) is 0 Å². The summed E-state index contributed by atoms with van der Waals surface area (Å²) in [6.07, 6.45) is 3.25. The third kappa shape index (κ3) is 9.22. The Labute approximate surface area is 262 Å². The van der Waals surface area contributed by atoms with Crippen molar-refractivity contribution in [1.82, 2.24) is 30.8 Å². The Balaban J connectivity index is 1.70. The molecule has 3 N–H and O–H groups in total. The van der Waals surface area contributed by atoms with Crippen molar-refractivity contribution in [3.05, 3.63) is 69.8 Å². The van der Waals surface area contributed by atoms with Crippen molar-refractivity contribution in [1.29, 1.82) is 0 Å². The van der Waals surface area contributed by atoms with E-state index in [0.717, 1.165) is 5.56 Å². The zero-order valence-corrected chi connectivity index (χ0v) is 26.8. The molecule has 0 spiro atoms. The number of nitrogens with one attached hydrogen (secondary N) is 3. The van der Waals surface area contributed by atoms with Crippen molar-refractivity contribution in [2.24, 2.45) is 11.8 Å². The van der Waals surface area contributed by atoms with Crippen LogP contribution in [-0.2, 0) is 16.0 Å². The number of hydrogen-bond donors (Lipinski definition) is 3. The van der Waals surface area contributed by atoms with E-state index in [9.17, 15) is 19.2 Å². The number of carbonyl (C=O) groups excluding carboxylic acids is 4. The number of benzene rings is 1. The number of nitrogens with zero attached hydrogens (tertiary/aromatic N) is 3. The molecule has 3 aromatic rings. The number of amides is 4. The molecular weight excluding hydrogens is 580 g/mol. The van der Waals surface area contributed by atoms with Crippen LogP contribution in [0.3, 0.4) is 0 Å². The average molecular weight is 623 g/mol. The number of oxazole rings is 1. The van der Waals surface area contributed by atoms with E-state index >= 15 is 0 Å². The molecule has 0 aliphatic carbocycles. The summed E-state index contributed by atoms with van der Waals surface area (Å²) in [5, 5.41) is 11.1. The summed E-state index contributed by atoms with van der Waals surface area (Å²) in [5.41, 5.74) is 1.24. The fourth-order valence-electron chi connectivity index (χ4n) is 5.04. The smallest absolute Gasteiger partial charge is 0.273 e. The molecule has 1 aromatic carbocycles. The largest absolute Gasteiger partial charge is 0.446 e. The third-order valence-electron chi connectivity index (χ3n) is 7.30. The van der Waals surface area contributed by atoms with E-state index in [1.54, 1.807) is 12.3 Å². The van der Waals surface area contributed by atoms with Crippen LogP contribution in [0.2, 0.25) is 0 Å². The van der Waals surface area contributed by atoms with Crippen LogP contribution in [0.15, 0.2) is 46.4 Å². The van der Waals surface area contributed by atoms with Crippen LogP contribution < -0.4 is 16.0 Å². The normalized spacial score (nSPS) is 20.1. The van der Waals surface area contributed by atoms with Crippen LogP contribution in [0.4, 0.5) is 0 Å². The first-order valence-electron chi connectivity index (χ1n) is 15.1. The highest BCUT2D eigenvalue weighted by Gasteiger charge is 2.28. The molecule has 0 radical (unpaired) electrons. The lowest BCUT2D eigenvalue weighted by atomic mass is 10.0. The molecule has 4 amide bonds. The molecule has 0 fully saturated rings. The van der Waals surface area contributed by atoms with Gasteiger partial charge in [-0.25, -0.2) is 9.97 Å². The number of hydrogen-bond acceptors (Lipinski definition) is 8. The molecule has 4 bridgehead atoms. The van der Waals surface area contributed by atoms with Crippen LogP contribution in [0.25, 0.3) is 0 Å². The van der Waals surface area contributed by atoms with Gasteiger partial charge in [0, 0.05) is 24.4 Å². The van der Waals surface area contributed by atoms with Crippen LogP contribution in [0.1, 0.15) is 103 Å². The molecule has 1 aliphatic heterocycles. The molecule has 1 aliphatic rings. The van der Waals surface area contributed by atoms with Crippen molar-refractivity contribution in [2.45, 2.75) is 78.4 Å². The van der Waals surface area contributed by atoms with E-state index in [-0.39, 0.29) is 54.5 Å². The van der Waals surface area contributed by atoms with E-state index in [0.29, 0.717) is 30.2 Å². The number of rotatable bonds is 7. The Kier molecular flexibility index (Phi) is 11.3. The third-order valence-corrected chi connectivity index (χ3v) is 8.26. The molecule has 2 aromatic heterocycles. The molecule has 0 saturated heterocycles. The number of aromatic nitrogens is 2. The van der Waals surface area contributed by atoms with Gasteiger partial charge in [-0.1, -0.05) is 58.0 Å². The second-order valence-corrected chi connectivity index (χ2v) is 13.0. The van der Waals surface area contributed by atoms with Gasteiger partial charge >= 0.3 is 0 Å². The second-order valence-electron chi connectivity index (χ2n) is 12.2. The Morgan fingerprint density at radius 1 is 1.00 bits per heavy atom. The van der Waals surface area contributed by atoms with Crippen molar-refractivity contribution < 1.29 is 23.6 Å². The molecule has 3 atom stereocenters. The molecule has 4 rings (SSSR count). The van der Waals surface area contributed by atoms with Gasteiger partial charge in [0.15, 0.2) is 5.69 Å². The van der Waals surface area contributed by atoms with Gasteiger partial charge in [-0.2, -0.15) is 0 Å². The highest BCUT2D eigenvalue weighted by molar-refractivity contribution is 7.09. The first kappa shape index (κ1) is 32.8. The highest BCUT2D eigenvalue weighted by atomic mass is 32.1. The Morgan fingerprint density at radius 2 is 1.73 bits per heavy atom. The standard InChI is InChI=1S/C32H42N6O5S/c1-19(2)11-12-28(40)38-15-23(13-20(3)4)34-29(41)25-17-43-31(36-25)21(5)33-30(42)26-18-44-32(37-26)24(35-27(39)16-38)14-22-9-7-6-8-10-22/h6-10,17-21,23-24H,11-16H2,1-5H3,(H,33,42)(H,34,41)(H,35,39)/t21-,23-,24-/m1/s1. The first-order chi connectivity index (χ1) is 21.0. The maximum atomic E-state index is 13.6. The van der Waals surface area contributed by atoms with E-state index in [1.807, 2.05) is 58.0 Å². The summed E-state index contributed by atoms with van der Waals surface area (Å²) < 4.78 is 5.55. The van der Waals surface area contributed by atoms with Gasteiger partial charge in [0.2, 0.25) is 17.7 Å². The summed E-state index contributed by atoms with van der Waals surface area (Å²) >= 11 is 1.28. The van der Waals surface area contributed by atoms with E-state index in [1.165, 1.54) is 22.5 Å². The van der Waals surface area contributed by atoms with E-state index < -0.39 is 29.9 Å². The Bertz CT molecular complexity index is 1440. The molecular formula is C32H42N6O5S. The lowest BCUT2D eigenvalue weighted by Crippen LogP contribution is -2.50. The summed E-state index contributed by atoms with van der Waals surface area (Å²) in [7, 11) is 0. The number of thiazole rings is 1. The SMILES string of the molecule is CC(C)CCC(=O)N1CC(=O)N[C@H](Cc2ccccc2)c2nc(cs2)C(=O)N[C@H](C)c2nc(co2)C(=O)N[C@H](CC(C)C)C1. The first-order valence-corrected chi connectivity index (χ1v) is 16.0. The van der Waals surface area contributed by atoms with Crippen LogP contribution >= 0.6 is 11.3 Å². The quantitative estimate of drug-likeness (QED) is 0.353. The molecule has 3 heterocycles. The Hall–Kier alpha value is -4.06. The molecule has 12 heteroatoms. The monoisotopic (exact) mass is 622 g/mol. The maximum Gasteiger partial charge on any atom is 0.273 e. The second kappa shape index (κ2) is 15.1. The predicted molar refractivity (Wildman–Crippen MR) is 167 cm³/mol. The van der Waals surface area contributed by atoms with Gasteiger partial charge in [-0.15, -0.1) is 11.3 Å². The zero-order chi connectivity index (χ0) is 31.8. The predicted octanol–water partition coefficient (Wildman–Crippen LogP) is 4.45. The van der Waals surface area contributed by atoms with Gasteiger partial charge in [-0.05, 0) is 43.6 Å². The number of fused-ring (bicyclic) bond motifs is 4. The minimum absolute atomic E-state index is 0.0612. The van der Waals surface area contributed by atoms with Gasteiger partial charge in [-0.3, -0.25) is 19.2 Å². The minimum atomic E-state index is -0.631. The van der Waals surface area contributed by atoms with Crippen molar-refractivity contribution in [3.8, 4) is 0 Å². The fraction of sp³-hybridized carbons (Fsp3) is 0.500. The molecule has 0 saturated carbocycles. The minimum Gasteiger partial charge on any atom is -0.446 e. The van der Waals surface area contributed by atoms with Crippen molar-refractivity contribution >= 4 is 35.0 Å². The van der Waals surface area contributed by atoms with Crippen LogP contribution in [-0.4, -0.2) is 57.6 Å². The van der Waals surface area contributed by atoms with E-state index in [2.05, 4.69) is 25.9 Å².